The zero-order valence-corrected chi connectivity index (χ0v) is 15.9. The van der Waals surface area contributed by atoms with E-state index in [-0.39, 0.29) is 0 Å². The van der Waals surface area contributed by atoms with Gasteiger partial charge < -0.3 is 0 Å². The molecular weight excluding hydrogens is 344 g/mol. The van der Waals surface area contributed by atoms with Gasteiger partial charge in [-0.3, -0.25) is 0 Å². The van der Waals surface area contributed by atoms with E-state index >= 15 is 0 Å². The molecule has 23 heavy (non-hydrogen) atoms. The molecule has 2 aromatic carbocycles. The molecular formula is C22H29Br. The van der Waals surface area contributed by atoms with Gasteiger partial charge in [-0.1, -0.05) is 90.0 Å². The fourth-order valence-corrected chi connectivity index (χ4v) is 3.33. The van der Waals surface area contributed by atoms with Crippen LogP contribution >= 0.6 is 15.9 Å². The predicted octanol–water partition coefficient (Wildman–Crippen LogP) is 7.27. The maximum Gasteiger partial charge on any atom is 0.0175 e. The lowest BCUT2D eigenvalue weighted by molar-refractivity contribution is 0.579. The van der Waals surface area contributed by atoms with Crippen LogP contribution in [0, 0.1) is 6.92 Å². The monoisotopic (exact) mass is 372 g/mol. The van der Waals surface area contributed by atoms with Gasteiger partial charge in [0, 0.05) is 4.47 Å². The molecule has 2 rings (SSSR count). The van der Waals surface area contributed by atoms with E-state index in [0.29, 0.717) is 0 Å². The third kappa shape index (κ3) is 7.83. The highest BCUT2D eigenvalue weighted by Gasteiger charge is 1.97. The van der Waals surface area contributed by atoms with Gasteiger partial charge in [0.05, 0.1) is 0 Å². The summed E-state index contributed by atoms with van der Waals surface area (Å²) in [6.07, 6.45) is 12.0. The second-order valence-corrected chi connectivity index (χ2v) is 7.51. The van der Waals surface area contributed by atoms with Crippen LogP contribution in [0.25, 0.3) is 0 Å². The summed E-state index contributed by atoms with van der Waals surface area (Å²) >= 11 is 3.49. The molecule has 0 saturated heterocycles. The molecule has 0 aromatic heterocycles. The molecule has 0 aliphatic carbocycles. The first-order chi connectivity index (χ1) is 11.2. The lowest BCUT2D eigenvalue weighted by Crippen LogP contribution is -1.88. The molecule has 0 nitrogen and oxygen atoms in total. The summed E-state index contributed by atoms with van der Waals surface area (Å²) in [4.78, 5) is 0. The third-order valence-electron chi connectivity index (χ3n) is 4.43. The maximum absolute atomic E-state index is 3.49. The number of hydrogen-bond donors (Lipinski definition) is 0. The van der Waals surface area contributed by atoms with Crippen molar-refractivity contribution in [2.24, 2.45) is 0 Å². The zero-order chi connectivity index (χ0) is 16.3. The Morgan fingerprint density at radius 1 is 0.652 bits per heavy atom. The van der Waals surface area contributed by atoms with Crippen molar-refractivity contribution < 1.29 is 0 Å². The molecule has 0 spiro atoms. The zero-order valence-electron chi connectivity index (χ0n) is 14.4. The fourth-order valence-electron chi connectivity index (χ4n) is 3.06. The number of hydrogen-bond acceptors (Lipinski definition) is 0. The topological polar surface area (TPSA) is 0 Å². The van der Waals surface area contributed by atoms with E-state index in [9.17, 15) is 0 Å². The minimum Gasteiger partial charge on any atom is -0.0617 e. The molecule has 1 heteroatoms. The van der Waals surface area contributed by atoms with Crippen molar-refractivity contribution in [2.75, 3.05) is 0 Å². The molecule has 0 aliphatic heterocycles. The minimum absolute atomic E-state index is 1.17. The average Bonchev–Trinajstić information content (AvgIpc) is 2.55. The highest BCUT2D eigenvalue weighted by molar-refractivity contribution is 9.10. The summed E-state index contributed by atoms with van der Waals surface area (Å²) in [5, 5.41) is 0. The SMILES string of the molecule is Cc1cccc(CCCCCCCCCc2ccc(Br)cc2)c1. The summed E-state index contributed by atoms with van der Waals surface area (Å²) in [5.74, 6) is 0. The van der Waals surface area contributed by atoms with E-state index in [4.69, 9.17) is 0 Å². The minimum atomic E-state index is 1.17. The van der Waals surface area contributed by atoms with Crippen LogP contribution in [-0.2, 0) is 12.8 Å². The lowest BCUT2D eigenvalue weighted by Gasteiger charge is -2.04. The summed E-state index contributed by atoms with van der Waals surface area (Å²) < 4.78 is 1.17. The maximum atomic E-state index is 3.49. The van der Waals surface area contributed by atoms with E-state index in [1.807, 2.05) is 0 Å². The molecule has 0 atom stereocenters. The normalized spacial score (nSPS) is 10.9. The second-order valence-electron chi connectivity index (χ2n) is 6.59. The van der Waals surface area contributed by atoms with Crippen LogP contribution in [0.2, 0.25) is 0 Å². The number of unbranched alkanes of at least 4 members (excludes halogenated alkanes) is 6. The Morgan fingerprint density at radius 3 is 1.83 bits per heavy atom. The van der Waals surface area contributed by atoms with Crippen molar-refractivity contribution in [1.82, 2.24) is 0 Å². The Balaban J connectivity index is 1.44. The first-order valence-corrected chi connectivity index (χ1v) is 9.83. The first kappa shape index (κ1) is 18.3. The van der Waals surface area contributed by atoms with Gasteiger partial charge in [-0.05, 0) is 55.9 Å². The van der Waals surface area contributed by atoms with Crippen LogP contribution in [-0.4, -0.2) is 0 Å². The second kappa shape index (κ2) is 10.6. The Labute approximate surface area is 150 Å². The summed E-state index contributed by atoms with van der Waals surface area (Å²) in [5.41, 5.74) is 4.35. The van der Waals surface area contributed by atoms with Crippen LogP contribution in [0.15, 0.2) is 53.0 Å². The van der Waals surface area contributed by atoms with Crippen molar-refractivity contribution in [3.8, 4) is 0 Å². The Bertz CT molecular complexity index is 556. The third-order valence-corrected chi connectivity index (χ3v) is 4.96. The molecule has 124 valence electrons. The molecule has 2 aromatic rings. The predicted molar refractivity (Wildman–Crippen MR) is 105 cm³/mol. The van der Waals surface area contributed by atoms with Gasteiger partial charge in [0.1, 0.15) is 0 Å². The van der Waals surface area contributed by atoms with Crippen LogP contribution in [0.5, 0.6) is 0 Å². The van der Waals surface area contributed by atoms with Gasteiger partial charge in [-0.25, -0.2) is 0 Å². The fraction of sp³-hybridized carbons (Fsp3) is 0.455. The van der Waals surface area contributed by atoms with E-state index < -0.39 is 0 Å². The van der Waals surface area contributed by atoms with Gasteiger partial charge in [0.15, 0.2) is 0 Å². The van der Waals surface area contributed by atoms with Crippen LogP contribution in [0.4, 0.5) is 0 Å². The van der Waals surface area contributed by atoms with Crippen molar-refractivity contribution in [2.45, 2.75) is 64.7 Å². The molecule has 0 bridgehead atoms. The van der Waals surface area contributed by atoms with Crippen LogP contribution < -0.4 is 0 Å². The van der Waals surface area contributed by atoms with E-state index in [1.54, 1.807) is 0 Å². The van der Waals surface area contributed by atoms with Crippen molar-refractivity contribution in [1.29, 1.82) is 0 Å². The number of halogens is 1. The van der Waals surface area contributed by atoms with Crippen LogP contribution in [0.3, 0.4) is 0 Å². The molecule has 0 saturated carbocycles. The number of aryl methyl sites for hydroxylation is 3. The molecule has 0 fully saturated rings. The number of rotatable bonds is 10. The van der Waals surface area contributed by atoms with Crippen molar-refractivity contribution in [3.63, 3.8) is 0 Å². The average molecular weight is 373 g/mol. The molecule has 0 amide bonds. The van der Waals surface area contributed by atoms with E-state index in [2.05, 4.69) is 71.4 Å². The Morgan fingerprint density at radius 2 is 1.22 bits per heavy atom. The van der Waals surface area contributed by atoms with Crippen molar-refractivity contribution in [3.05, 3.63) is 69.7 Å². The van der Waals surface area contributed by atoms with Crippen LogP contribution in [0.1, 0.15) is 61.6 Å². The van der Waals surface area contributed by atoms with E-state index in [0.717, 1.165) is 0 Å². The highest BCUT2D eigenvalue weighted by Crippen LogP contribution is 2.15. The summed E-state index contributed by atoms with van der Waals surface area (Å²) in [7, 11) is 0. The lowest BCUT2D eigenvalue weighted by atomic mass is 10.0. The quantitative estimate of drug-likeness (QED) is 0.384. The standard InChI is InChI=1S/C22H29Br/c1-19-10-9-13-21(18-19)12-8-6-4-2-3-5-7-11-20-14-16-22(23)17-15-20/h9-10,13-18H,2-8,11-12H2,1H3. The van der Waals surface area contributed by atoms with Gasteiger partial charge >= 0.3 is 0 Å². The largest absolute Gasteiger partial charge is 0.0617 e. The summed E-state index contributed by atoms with van der Waals surface area (Å²) in [6, 6.07) is 17.7. The first-order valence-electron chi connectivity index (χ1n) is 9.04. The van der Waals surface area contributed by atoms with Gasteiger partial charge in [-0.15, -0.1) is 0 Å². The molecule has 0 aliphatic rings. The van der Waals surface area contributed by atoms with Gasteiger partial charge in [-0.2, -0.15) is 0 Å². The molecule has 0 N–H and O–H groups in total. The summed E-state index contributed by atoms with van der Waals surface area (Å²) in [6.45, 7) is 2.18. The Kier molecular flexibility index (Phi) is 8.46. The van der Waals surface area contributed by atoms with Gasteiger partial charge in [0.25, 0.3) is 0 Å². The molecule has 0 heterocycles. The smallest absolute Gasteiger partial charge is 0.0175 e. The van der Waals surface area contributed by atoms with E-state index in [1.165, 1.54) is 79.0 Å². The Hall–Kier alpha value is -1.08. The number of benzene rings is 2. The van der Waals surface area contributed by atoms with Gasteiger partial charge in [0.2, 0.25) is 0 Å². The van der Waals surface area contributed by atoms with Crippen molar-refractivity contribution >= 4 is 15.9 Å². The highest BCUT2D eigenvalue weighted by atomic mass is 79.9. The molecule has 0 radical (unpaired) electrons. The molecule has 0 unspecified atom stereocenters.